The Balaban J connectivity index is 2.15. The summed E-state index contributed by atoms with van der Waals surface area (Å²) in [6.07, 6.45) is 4.03. The highest BCUT2D eigenvalue weighted by molar-refractivity contribution is 6.31. The number of amides is 1. The Labute approximate surface area is 137 Å². The molecule has 1 aliphatic carbocycles. The van der Waals surface area contributed by atoms with Crippen LogP contribution in [0.15, 0.2) is 18.2 Å². The van der Waals surface area contributed by atoms with Gasteiger partial charge in [0.15, 0.2) is 0 Å². The lowest BCUT2D eigenvalue weighted by molar-refractivity contribution is 0.0636. The van der Waals surface area contributed by atoms with Crippen molar-refractivity contribution in [3.8, 4) is 0 Å². The first-order valence-corrected chi connectivity index (χ1v) is 8.14. The first-order chi connectivity index (χ1) is 10.3. The third-order valence-electron chi connectivity index (χ3n) is 4.14. The van der Waals surface area contributed by atoms with Crippen molar-refractivity contribution in [3.05, 3.63) is 28.8 Å². The summed E-state index contributed by atoms with van der Waals surface area (Å²) < 4.78 is 5.24. The fraction of sp³-hybridized carbons (Fsp3) is 0.588. The number of rotatable bonds is 3. The molecule has 0 spiro atoms. The summed E-state index contributed by atoms with van der Waals surface area (Å²) in [7, 11) is 0. The minimum absolute atomic E-state index is 0.0124. The molecular weight excluding hydrogens is 300 g/mol. The molecule has 0 heterocycles. The molecule has 2 rings (SSSR count). The topological polar surface area (TPSA) is 64.3 Å². The molecule has 122 valence electrons. The van der Waals surface area contributed by atoms with Gasteiger partial charge in [-0.25, -0.2) is 4.79 Å². The van der Waals surface area contributed by atoms with Gasteiger partial charge in [0, 0.05) is 22.7 Å². The van der Waals surface area contributed by atoms with Gasteiger partial charge in [-0.05, 0) is 51.3 Å². The molecule has 1 fully saturated rings. The van der Waals surface area contributed by atoms with Crippen LogP contribution in [0, 0.1) is 0 Å². The summed E-state index contributed by atoms with van der Waals surface area (Å²) in [4.78, 5) is 11.8. The smallest absolute Gasteiger partial charge is 0.412 e. The van der Waals surface area contributed by atoms with E-state index < -0.39 is 11.7 Å². The van der Waals surface area contributed by atoms with E-state index in [1.165, 1.54) is 12.8 Å². The molecule has 1 aromatic carbocycles. The molecule has 5 heteroatoms. The monoisotopic (exact) mass is 324 g/mol. The van der Waals surface area contributed by atoms with Gasteiger partial charge >= 0.3 is 6.09 Å². The molecular formula is C17H25ClN2O2. The van der Waals surface area contributed by atoms with Crippen LogP contribution < -0.4 is 11.1 Å². The minimum atomic E-state index is -0.527. The van der Waals surface area contributed by atoms with E-state index in [2.05, 4.69) is 5.32 Å². The van der Waals surface area contributed by atoms with Gasteiger partial charge in [-0.15, -0.1) is 0 Å². The first kappa shape index (κ1) is 17.1. The zero-order valence-corrected chi connectivity index (χ0v) is 14.3. The number of ether oxygens (including phenoxy) is 1. The van der Waals surface area contributed by atoms with Crippen LogP contribution in [-0.2, 0) is 10.2 Å². The maximum atomic E-state index is 11.8. The predicted molar refractivity (Wildman–Crippen MR) is 90.5 cm³/mol. The Morgan fingerprint density at radius 1 is 1.36 bits per heavy atom. The van der Waals surface area contributed by atoms with E-state index in [0.717, 1.165) is 18.4 Å². The summed E-state index contributed by atoms with van der Waals surface area (Å²) in [5, 5.41) is 3.36. The highest BCUT2D eigenvalue weighted by Gasteiger charge is 2.35. The zero-order chi connectivity index (χ0) is 16.4. The van der Waals surface area contributed by atoms with Gasteiger partial charge < -0.3 is 10.5 Å². The average molecular weight is 325 g/mol. The number of carbonyl (C=O) groups is 1. The van der Waals surface area contributed by atoms with Crippen molar-refractivity contribution in [3.63, 3.8) is 0 Å². The van der Waals surface area contributed by atoms with Gasteiger partial charge in [0.2, 0.25) is 0 Å². The van der Waals surface area contributed by atoms with Gasteiger partial charge in [-0.1, -0.05) is 30.5 Å². The number of halogens is 1. The summed E-state index contributed by atoms with van der Waals surface area (Å²) in [6, 6.07) is 5.62. The molecule has 22 heavy (non-hydrogen) atoms. The first-order valence-electron chi connectivity index (χ1n) is 7.76. The number of carbonyl (C=O) groups excluding carboxylic acids is 1. The van der Waals surface area contributed by atoms with Gasteiger partial charge in [0.25, 0.3) is 0 Å². The van der Waals surface area contributed by atoms with Gasteiger partial charge in [-0.3, -0.25) is 5.32 Å². The fourth-order valence-corrected chi connectivity index (χ4v) is 3.46. The normalized spacial score (nSPS) is 17.3. The second-order valence-electron chi connectivity index (χ2n) is 7.01. The van der Waals surface area contributed by atoms with Crippen molar-refractivity contribution >= 4 is 23.4 Å². The Morgan fingerprint density at radius 2 is 2.00 bits per heavy atom. The SMILES string of the molecule is CC(C)(C)OC(=O)Nc1ccc(C2(CN)CCCC2)c(Cl)c1. The average Bonchev–Trinajstić information content (AvgIpc) is 2.86. The standard InChI is InChI=1S/C17H25ClN2O2/c1-16(2,3)22-15(21)20-12-6-7-13(14(18)10-12)17(11-19)8-4-5-9-17/h6-7,10H,4-5,8-9,11,19H2,1-3H3,(H,20,21). The quantitative estimate of drug-likeness (QED) is 0.862. The Kier molecular flexibility index (Phi) is 5.03. The second kappa shape index (κ2) is 6.47. The van der Waals surface area contributed by atoms with Crippen molar-refractivity contribution in [1.29, 1.82) is 0 Å². The molecule has 1 amide bonds. The maximum Gasteiger partial charge on any atom is 0.412 e. The summed E-state index contributed by atoms with van der Waals surface area (Å²) in [6.45, 7) is 6.08. The minimum Gasteiger partial charge on any atom is -0.444 e. The molecule has 0 aliphatic heterocycles. The van der Waals surface area contributed by atoms with E-state index in [1.807, 2.05) is 32.9 Å². The van der Waals surface area contributed by atoms with Crippen molar-refractivity contribution < 1.29 is 9.53 Å². The molecule has 4 nitrogen and oxygen atoms in total. The van der Waals surface area contributed by atoms with Crippen molar-refractivity contribution in [2.75, 3.05) is 11.9 Å². The Bertz CT molecular complexity index is 546. The van der Waals surface area contributed by atoms with Crippen LogP contribution in [0.4, 0.5) is 10.5 Å². The zero-order valence-electron chi connectivity index (χ0n) is 13.5. The lowest BCUT2D eigenvalue weighted by Gasteiger charge is -2.29. The van der Waals surface area contributed by atoms with E-state index >= 15 is 0 Å². The number of hydrogen-bond acceptors (Lipinski definition) is 3. The number of benzene rings is 1. The van der Waals surface area contributed by atoms with Gasteiger partial charge in [0.1, 0.15) is 5.60 Å². The van der Waals surface area contributed by atoms with Crippen LogP contribution in [0.5, 0.6) is 0 Å². The number of anilines is 1. The van der Waals surface area contributed by atoms with Crippen LogP contribution in [-0.4, -0.2) is 18.2 Å². The van der Waals surface area contributed by atoms with Gasteiger partial charge in [-0.2, -0.15) is 0 Å². The van der Waals surface area contributed by atoms with Crippen LogP contribution >= 0.6 is 11.6 Å². The molecule has 1 aliphatic rings. The molecule has 0 atom stereocenters. The number of hydrogen-bond donors (Lipinski definition) is 2. The summed E-state index contributed by atoms with van der Waals surface area (Å²) >= 11 is 6.45. The predicted octanol–water partition coefficient (Wildman–Crippen LogP) is 4.46. The Morgan fingerprint density at radius 3 is 2.50 bits per heavy atom. The highest BCUT2D eigenvalue weighted by Crippen LogP contribution is 2.43. The van der Waals surface area contributed by atoms with Crippen LogP contribution in [0.2, 0.25) is 5.02 Å². The van der Waals surface area contributed by atoms with E-state index in [0.29, 0.717) is 17.3 Å². The summed E-state index contributed by atoms with van der Waals surface area (Å²) in [5.74, 6) is 0. The van der Waals surface area contributed by atoms with E-state index in [9.17, 15) is 4.79 Å². The lowest BCUT2D eigenvalue weighted by Crippen LogP contribution is -2.32. The van der Waals surface area contributed by atoms with Crippen molar-refractivity contribution in [2.45, 2.75) is 57.5 Å². The third kappa shape index (κ3) is 3.93. The largest absolute Gasteiger partial charge is 0.444 e. The van der Waals surface area contributed by atoms with E-state index in [-0.39, 0.29) is 5.41 Å². The number of nitrogens with one attached hydrogen (secondary N) is 1. The molecule has 1 aromatic rings. The lowest BCUT2D eigenvalue weighted by atomic mass is 9.79. The van der Waals surface area contributed by atoms with Crippen LogP contribution in [0.1, 0.15) is 52.0 Å². The third-order valence-corrected chi connectivity index (χ3v) is 4.45. The molecule has 0 bridgehead atoms. The summed E-state index contributed by atoms with van der Waals surface area (Å²) in [5.41, 5.74) is 7.19. The highest BCUT2D eigenvalue weighted by atomic mass is 35.5. The maximum absolute atomic E-state index is 11.8. The molecule has 0 unspecified atom stereocenters. The second-order valence-corrected chi connectivity index (χ2v) is 7.42. The molecule has 0 saturated heterocycles. The van der Waals surface area contributed by atoms with Crippen LogP contribution in [0.3, 0.4) is 0 Å². The van der Waals surface area contributed by atoms with Crippen LogP contribution in [0.25, 0.3) is 0 Å². The van der Waals surface area contributed by atoms with Crippen molar-refractivity contribution in [2.24, 2.45) is 5.73 Å². The fourth-order valence-electron chi connectivity index (χ4n) is 3.08. The van der Waals surface area contributed by atoms with Gasteiger partial charge in [0.05, 0.1) is 0 Å². The van der Waals surface area contributed by atoms with Crippen molar-refractivity contribution in [1.82, 2.24) is 0 Å². The molecule has 0 radical (unpaired) electrons. The van der Waals surface area contributed by atoms with E-state index in [4.69, 9.17) is 22.1 Å². The molecule has 3 N–H and O–H groups in total. The molecule has 1 saturated carbocycles. The number of nitrogens with two attached hydrogens (primary N) is 1. The van der Waals surface area contributed by atoms with E-state index in [1.54, 1.807) is 6.07 Å². The molecule has 0 aromatic heterocycles. The Hall–Kier alpha value is -1.26.